The van der Waals surface area contributed by atoms with Gasteiger partial charge in [0, 0.05) is 0 Å². The summed E-state index contributed by atoms with van der Waals surface area (Å²) < 4.78 is 4.56. The van der Waals surface area contributed by atoms with Crippen LogP contribution >= 0.6 is 0 Å². The summed E-state index contributed by atoms with van der Waals surface area (Å²) in [7, 11) is 0. The van der Waals surface area contributed by atoms with Crippen LogP contribution in [0.25, 0.3) is 0 Å². The average molecular weight is 197 g/mol. The zero-order valence-electron chi connectivity index (χ0n) is 3.12. The Hall–Kier alpha value is 1.26. The second-order valence-electron chi connectivity index (χ2n) is 0.289. The van der Waals surface area contributed by atoms with Crippen molar-refractivity contribution in [1.82, 2.24) is 0 Å². The Morgan fingerprint density at radius 1 is 1.75 bits per heavy atom. The first-order valence-corrected chi connectivity index (χ1v) is 3.62. The van der Waals surface area contributed by atoms with Gasteiger partial charge in [0.2, 0.25) is 0 Å². The average Bonchev–Trinajstić information content (AvgIpc) is 0.918. The topological polar surface area (TPSA) is 9.23 Å². The number of hydrogen-bond donors (Lipinski definition) is 0. The molecule has 4 heavy (non-hydrogen) atoms. The Morgan fingerprint density at radius 3 is 1.75 bits per heavy atom. The third kappa shape index (κ3) is 10.5. The second-order valence-corrected chi connectivity index (χ2v) is 7.79. The van der Waals surface area contributed by atoms with E-state index >= 15 is 0 Å². The van der Waals surface area contributed by atoms with Crippen LogP contribution in [0, 0.1) is 0 Å². The molecule has 0 heterocycles. The summed E-state index contributed by atoms with van der Waals surface area (Å²) >= 11 is 1.69. The van der Waals surface area contributed by atoms with Gasteiger partial charge in [-0.2, -0.15) is 0 Å². The van der Waals surface area contributed by atoms with Crippen LogP contribution in [0.15, 0.2) is 0 Å². The smallest absolute Gasteiger partial charge is 0.0125 e. The molecule has 0 amide bonds. The van der Waals surface area contributed by atoms with E-state index in [0.717, 1.165) is 16.9 Å². The molecule has 0 unspecified atom stereocenters. The van der Waals surface area contributed by atoms with Crippen molar-refractivity contribution in [3.8, 4) is 0 Å². The molecule has 0 aliphatic heterocycles. The molecule has 0 fully saturated rings. The molecule has 0 N–H and O–H groups in total. The van der Waals surface area contributed by atoms with Gasteiger partial charge in [0.25, 0.3) is 0 Å². The molecule has 26 valence electrons. The van der Waals surface area contributed by atoms with Crippen molar-refractivity contribution in [3.63, 3.8) is 0 Å². The quantitative estimate of drug-likeness (QED) is 0.369. The number of hydrogen-bond acceptors (Lipinski definition) is 1. The van der Waals surface area contributed by atoms with Gasteiger partial charge < -0.3 is 0 Å². The van der Waals surface area contributed by atoms with E-state index in [-0.39, 0.29) is 11.0 Å². The zero-order valence-corrected chi connectivity index (χ0v) is 12.3. The van der Waals surface area contributed by atoms with Crippen molar-refractivity contribution < 1.29 is 2.79 Å². The molecule has 2 radical (unpaired) electrons. The van der Waals surface area contributed by atoms with Crippen molar-refractivity contribution in [1.29, 1.82) is 0 Å². The molecule has 0 aromatic heterocycles. The Kier molecular flexibility index (Phi) is 19.9. The van der Waals surface area contributed by atoms with E-state index in [1.807, 2.05) is 0 Å². The van der Waals surface area contributed by atoms with E-state index in [9.17, 15) is 0 Å². The van der Waals surface area contributed by atoms with E-state index in [2.05, 4.69) is 2.79 Å². The van der Waals surface area contributed by atoms with E-state index in [4.69, 9.17) is 0 Å². The van der Waals surface area contributed by atoms with Crippen molar-refractivity contribution in [2.45, 2.75) is 0 Å². The first-order chi connectivity index (χ1) is 1.41. The first-order valence-electron chi connectivity index (χ1n) is 0.697. The summed E-state index contributed by atoms with van der Waals surface area (Å²) in [5, 5.41) is 0. The summed E-state index contributed by atoms with van der Waals surface area (Å²) in [5.41, 5.74) is 0. The monoisotopic (exact) mass is 200 g/mol. The molecule has 0 saturated heterocycles. The summed E-state index contributed by atoms with van der Waals surface area (Å²) in [4.78, 5) is 0. The van der Waals surface area contributed by atoms with Gasteiger partial charge in [-0.25, -0.2) is 0 Å². The van der Waals surface area contributed by atoms with Gasteiger partial charge in [-0.3, -0.25) is 0 Å². The molecule has 0 bridgehead atoms. The molecular weight excluding hydrogens is 189 g/mol. The molecule has 0 aliphatic carbocycles. The molecule has 4 heteroatoms. The predicted octanol–water partition coefficient (Wildman–Crippen LogP) is -3.35. The van der Waals surface area contributed by atoms with Gasteiger partial charge in [0.05, 0.1) is 0 Å². The SMILES string of the molecule is [GeH2][O][GeH3].[SiH3]. The van der Waals surface area contributed by atoms with Crippen LogP contribution in [0.5, 0.6) is 0 Å². The minimum absolute atomic E-state index is 0. The zero-order chi connectivity index (χ0) is 2.71. The molecule has 0 aromatic rings. The third-order valence-electron chi connectivity index (χ3n) is 0. The van der Waals surface area contributed by atoms with Gasteiger partial charge in [-0.05, 0) is 11.0 Å². The van der Waals surface area contributed by atoms with Crippen LogP contribution in [0.1, 0.15) is 0 Å². The van der Waals surface area contributed by atoms with E-state index in [1.54, 1.807) is 0 Å². The fourth-order valence-electron chi connectivity index (χ4n) is 0. The molecule has 0 aromatic carbocycles. The second kappa shape index (κ2) is 8.86. The minimum Gasteiger partial charge on any atom is -0.0125 e. The predicted molar refractivity (Wildman–Crippen MR) is 29.5 cm³/mol. The fourth-order valence-corrected chi connectivity index (χ4v) is 0. The van der Waals surface area contributed by atoms with E-state index in [0.29, 0.717) is 16.9 Å². The minimum atomic E-state index is 0. The van der Waals surface area contributed by atoms with Gasteiger partial charge >= 0.3 is 36.5 Å². The molecule has 1 nitrogen and oxygen atoms in total. The summed E-state index contributed by atoms with van der Waals surface area (Å²) in [6.45, 7) is 0. The van der Waals surface area contributed by atoms with E-state index in [1.165, 1.54) is 0 Å². The largest absolute Gasteiger partial charge is 0.0125 e. The van der Waals surface area contributed by atoms with Crippen molar-refractivity contribution in [2.24, 2.45) is 0 Å². The maximum absolute atomic E-state index is 4.56. The van der Waals surface area contributed by atoms with Crippen molar-refractivity contribution >= 4 is 44.7 Å². The number of rotatable bonds is 0. The van der Waals surface area contributed by atoms with Gasteiger partial charge in [-0.1, -0.05) is 0 Å². The molecule has 0 aliphatic rings. The van der Waals surface area contributed by atoms with Crippen LogP contribution < -0.4 is 0 Å². The maximum atomic E-state index is 4.56. The van der Waals surface area contributed by atoms with Crippen LogP contribution in [-0.4, -0.2) is 44.7 Å². The standard InChI is InChI=1S/Ge2H5O.H3Si/c1-3-2;/h1H2,2H3;1H3. The Balaban J connectivity index is 0. The molecule has 0 atom stereocenters. The molecule has 0 rings (SSSR count). The molecule has 0 saturated carbocycles. The molecular formula is H8Ge2OSi. The summed E-state index contributed by atoms with van der Waals surface area (Å²) in [6.07, 6.45) is 0. The van der Waals surface area contributed by atoms with Gasteiger partial charge in [-0.15, -0.1) is 0 Å². The van der Waals surface area contributed by atoms with Crippen LogP contribution in [0.4, 0.5) is 0 Å². The van der Waals surface area contributed by atoms with Crippen LogP contribution in [-0.2, 0) is 2.79 Å². The van der Waals surface area contributed by atoms with Crippen LogP contribution in [0.2, 0.25) is 0 Å². The fraction of sp³-hybridized carbons (Fsp3) is 0. The summed E-state index contributed by atoms with van der Waals surface area (Å²) in [5.74, 6) is 0. The van der Waals surface area contributed by atoms with E-state index < -0.39 is 0 Å². The Morgan fingerprint density at radius 2 is 1.75 bits per heavy atom. The molecule has 0 spiro atoms. The first kappa shape index (κ1) is 8.98. The Bertz CT molecular complexity index is 6.00. The maximum Gasteiger partial charge on any atom is -0.0125 e. The normalized spacial score (nSPS) is 5.25. The van der Waals surface area contributed by atoms with Gasteiger partial charge in [0.1, 0.15) is 0 Å². The Labute approximate surface area is 47.6 Å². The van der Waals surface area contributed by atoms with Crippen LogP contribution in [0.3, 0.4) is 0 Å². The van der Waals surface area contributed by atoms with Crippen molar-refractivity contribution in [3.05, 3.63) is 0 Å². The van der Waals surface area contributed by atoms with Crippen molar-refractivity contribution in [2.75, 3.05) is 0 Å². The van der Waals surface area contributed by atoms with Gasteiger partial charge in [0.15, 0.2) is 0 Å². The third-order valence-corrected chi connectivity index (χ3v) is 0. The summed E-state index contributed by atoms with van der Waals surface area (Å²) in [6, 6.07) is 0.